The third-order valence-electron chi connectivity index (χ3n) is 4.73. The molecule has 19 heavy (non-hydrogen) atoms. The van der Waals surface area contributed by atoms with Crippen molar-refractivity contribution in [1.29, 1.82) is 0 Å². The molecule has 5 heteroatoms. The second-order valence-corrected chi connectivity index (χ2v) is 6.02. The fourth-order valence-electron chi connectivity index (χ4n) is 3.85. The van der Waals surface area contributed by atoms with Crippen molar-refractivity contribution >= 4 is 5.91 Å². The van der Waals surface area contributed by atoms with Crippen LogP contribution in [-0.4, -0.2) is 27.8 Å². The van der Waals surface area contributed by atoms with Gasteiger partial charge in [-0.1, -0.05) is 6.42 Å². The van der Waals surface area contributed by atoms with Gasteiger partial charge in [0.2, 0.25) is 0 Å². The van der Waals surface area contributed by atoms with Crippen molar-refractivity contribution in [2.45, 2.75) is 44.2 Å². The molecule has 0 aliphatic heterocycles. The zero-order valence-electron chi connectivity index (χ0n) is 11.4. The number of amides is 1. The first-order valence-electron chi connectivity index (χ1n) is 7.19. The summed E-state index contributed by atoms with van der Waals surface area (Å²) in [7, 11) is 1.80. The molecular weight excluding hydrogens is 240 g/mol. The van der Waals surface area contributed by atoms with Gasteiger partial charge in [-0.2, -0.15) is 5.10 Å². The topological polar surface area (TPSA) is 72.9 Å². The predicted octanol–water partition coefficient (Wildman–Crippen LogP) is 1.06. The second kappa shape index (κ2) is 4.96. The zero-order valence-corrected chi connectivity index (χ0v) is 11.4. The third-order valence-corrected chi connectivity index (χ3v) is 4.73. The molecule has 1 aromatic rings. The summed E-state index contributed by atoms with van der Waals surface area (Å²) < 4.78 is 1.62. The van der Waals surface area contributed by atoms with Crippen molar-refractivity contribution < 1.29 is 4.79 Å². The number of hydrogen-bond donors (Lipinski definition) is 2. The Kier molecular flexibility index (Phi) is 3.31. The Bertz CT molecular complexity index is 456. The minimum atomic E-state index is -0.00243. The highest BCUT2D eigenvalue weighted by molar-refractivity contribution is 5.92. The Hall–Kier alpha value is -1.36. The number of carbonyl (C=O) groups excluding carboxylic acids is 1. The van der Waals surface area contributed by atoms with Gasteiger partial charge < -0.3 is 11.1 Å². The first-order valence-corrected chi connectivity index (χ1v) is 7.19. The normalized spacial score (nSPS) is 34.0. The van der Waals surface area contributed by atoms with E-state index in [1.807, 2.05) is 0 Å². The molecule has 5 nitrogen and oxygen atoms in total. The van der Waals surface area contributed by atoms with Crippen molar-refractivity contribution in [3.05, 3.63) is 18.0 Å². The van der Waals surface area contributed by atoms with Gasteiger partial charge in [-0.05, 0) is 43.6 Å². The summed E-state index contributed by atoms with van der Waals surface area (Å²) in [6.45, 7) is 0. The Morgan fingerprint density at radius 1 is 1.42 bits per heavy atom. The molecule has 2 bridgehead atoms. The molecule has 0 spiro atoms. The quantitative estimate of drug-likeness (QED) is 0.837. The van der Waals surface area contributed by atoms with E-state index in [2.05, 4.69) is 10.4 Å². The fraction of sp³-hybridized carbons (Fsp3) is 0.714. The minimum absolute atomic E-state index is 0.00243. The van der Waals surface area contributed by atoms with Crippen LogP contribution in [0.4, 0.5) is 0 Å². The number of aromatic nitrogens is 2. The highest BCUT2D eigenvalue weighted by atomic mass is 16.2. The molecular formula is C14H22N4O. The van der Waals surface area contributed by atoms with E-state index < -0.39 is 0 Å². The van der Waals surface area contributed by atoms with E-state index in [1.54, 1.807) is 24.0 Å². The predicted molar refractivity (Wildman–Crippen MR) is 72.5 cm³/mol. The van der Waals surface area contributed by atoms with Crippen LogP contribution in [0.25, 0.3) is 0 Å². The van der Waals surface area contributed by atoms with Crippen LogP contribution in [0.5, 0.6) is 0 Å². The summed E-state index contributed by atoms with van der Waals surface area (Å²) >= 11 is 0. The highest BCUT2D eigenvalue weighted by Gasteiger charge is 2.40. The van der Waals surface area contributed by atoms with E-state index in [-0.39, 0.29) is 5.91 Å². The summed E-state index contributed by atoms with van der Waals surface area (Å²) in [4.78, 5) is 12.3. The largest absolute Gasteiger partial charge is 0.347 e. The average molecular weight is 262 g/mol. The van der Waals surface area contributed by atoms with Crippen LogP contribution < -0.4 is 11.1 Å². The number of fused-ring (bicyclic) bond motifs is 2. The van der Waals surface area contributed by atoms with Crippen LogP contribution in [0, 0.1) is 11.8 Å². The Balaban J connectivity index is 1.72. The van der Waals surface area contributed by atoms with E-state index in [4.69, 9.17) is 5.73 Å². The van der Waals surface area contributed by atoms with Crippen LogP contribution in [0.1, 0.15) is 42.6 Å². The average Bonchev–Trinajstić information content (AvgIpc) is 2.76. The molecule has 2 atom stereocenters. The van der Waals surface area contributed by atoms with Gasteiger partial charge in [0.15, 0.2) is 0 Å². The number of rotatable bonds is 2. The van der Waals surface area contributed by atoms with Crippen molar-refractivity contribution in [3.8, 4) is 0 Å². The highest BCUT2D eigenvalue weighted by Crippen LogP contribution is 2.39. The lowest BCUT2D eigenvalue weighted by Crippen LogP contribution is -2.53. The molecule has 0 aromatic carbocycles. The van der Waals surface area contributed by atoms with Crippen LogP contribution in [0.2, 0.25) is 0 Å². The van der Waals surface area contributed by atoms with Gasteiger partial charge in [0, 0.05) is 25.3 Å². The monoisotopic (exact) mass is 262 g/mol. The second-order valence-electron chi connectivity index (χ2n) is 6.02. The molecule has 2 aliphatic rings. The summed E-state index contributed by atoms with van der Waals surface area (Å²) in [5.41, 5.74) is 6.74. The lowest BCUT2D eigenvalue weighted by molar-refractivity contribution is 0.0748. The number of nitrogens with two attached hydrogens (primary N) is 1. The maximum atomic E-state index is 12.3. The molecule has 2 unspecified atom stereocenters. The van der Waals surface area contributed by atoms with E-state index in [0.717, 1.165) is 12.8 Å². The maximum Gasteiger partial charge on any atom is 0.269 e. The van der Waals surface area contributed by atoms with Crippen molar-refractivity contribution in [1.82, 2.24) is 15.1 Å². The van der Waals surface area contributed by atoms with Gasteiger partial charge >= 0.3 is 0 Å². The Morgan fingerprint density at radius 3 is 2.68 bits per heavy atom. The van der Waals surface area contributed by atoms with E-state index in [1.165, 1.54) is 19.3 Å². The molecule has 2 saturated carbocycles. The zero-order chi connectivity index (χ0) is 13.4. The Morgan fingerprint density at radius 2 is 2.11 bits per heavy atom. The van der Waals surface area contributed by atoms with Gasteiger partial charge in [0.05, 0.1) is 0 Å². The van der Waals surface area contributed by atoms with E-state index in [0.29, 0.717) is 29.6 Å². The van der Waals surface area contributed by atoms with Crippen LogP contribution in [0.3, 0.4) is 0 Å². The van der Waals surface area contributed by atoms with Crippen molar-refractivity contribution in [3.63, 3.8) is 0 Å². The van der Waals surface area contributed by atoms with Gasteiger partial charge in [0.25, 0.3) is 5.91 Å². The molecule has 3 N–H and O–H groups in total. The first-order chi connectivity index (χ1) is 9.15. The van der Waals surface area contributed by atoms with Gasteiger partial charge in [-0.3, -0.25) is 9.48 Å². The van der Waals surface area contributed by atoms with Gasteiger partial charge in [-0.25, -0.2) is 0 Å². The van der Waals surface area contributed by atoms with E-state index >= 15 is 0 Å². The van der Waals surface area contributed by atoms with Crippen LogP contribution in [-0.2, 0) is 7.05 Å². The van der Waals surface area contributed by atoms with Gasteiger partial charge in [-0.15, -0.1) is 0 Å². The number of nitrogens with one attached hydrogen (secondary N) is 1. The molecule has 1 heterocycles. The number of aryl methyl sites for hydroxylation is 1. The molecule has 2 aliphatic carbocycles. The van der Waals surface area contributed by atoms with Crippen molar-refractivity contribution in [2.24, 2.45) is 24.6 Å². The molecule has 3 rings (SSSR count). The molecule has 1 amide bonds. The standard InChI is InChI=1S/C14H22N4O/c1-18-12(5-6-16-18)14(19)17-13-9-3-2-4-10(13)8-11(15)7-9/h5-6,9-11,13H,2-4,7-8,15H2,1H3,(H,17,19). The van der Waals surface area contributed by atoms with Crippen LogP contribution >= 0.6 is 0 Å². The number of nitrogens with zero attached hydrogens (tertiary/aromatic N) is 2. The maximum absolute atomic E-state index is 12.3. The first kappa shape index (κ1) is 12.7. The lowest BCUT2D eigenvalue weighted by Gasteiger charge is -2.45. The van der Waals surface area contributed by atoms with E-state index in [9.17, 15) is 4.79 Å². The molecule has 0 radical (unpaired) electrons. The summed E-state index contributed by atoms with van der Waals surface area (Å²) in [5, 5.41) is 7.28. The molecule has 1 aromatic heterocycles. The Labute approximate surface area is 113 Å². The number of hydrogen-bond acceptors (Lipinski definition) is 3. The van der Waals surface area contributed by atoms with Gasteiger partial charge in [0.1, 0.15) is 5.69 Å². The number of carbonyl (C=O) groups is 1. The minimum Gasteiger partial charge on any atom is -0.347 e. The summed E-state index contributed by atoms with van der Waals surface area (Å²) in [5.74, 6) is 1.11. The fourth-order valence-corrected chi connectivity index (χ4v) is 3.85. The molecule has 0 saturated heterocycles. The third kappa shape index (κ3) is 2.39. The summed E-state index contributed by atoms with van der Waals surface area (Å²) in [6, 6.07) is 2.38. The lowest BCUT2D eigenvalue weighted by atomic mass is 9.67. The molecule has 104 valence electrons. The smallest absolute Gasteiger partial charge is 0.269 e. The SMILES string of the molecule is Cn1nccc1C(=O)NC1C2CCCC1CC(N)C2. The van der Waals surface area contributed by atoms with Crippen molar-refractivity contribution in [2.75, 3.05) is 0 Å². The van der Waals surface area contributed by atoms with Crippen LogP contribution in [0.15, 0.2) is 12.3 Å². The summed E-state index contributed by atoms with van der Waals surface area (Å²) in [6.07, 6.45) is 7.42. The molecule has 2 fully saturated rings.